The maximum atomic E-state index is 12.8. The van der Waals surface area contributed by atoms with Gasteiger partial charge >= 0.3 is 0 Å². The van der Waals surface area contributed by atoms with Gasteiger partial charge in [-0.25, -0.2) is 4.39 Å². The third kappa shape index (κ3) is 4.74. The van der Waals surface area contributed by atoms with Crippen LogP contribution in [0.3, 0.4) is 0 Å². The highest BCUT2D eigenvalue weighted by Gasteiger charge is 2.18. The molecule has 0 bridgehead atoms. The number of hydrogen-bond acceptors (Lipinski definition) is 5. The average Bonchev–Trinajstić information content (AvgIpc) is 2.61. The number of nitro benzene ring substituents is 1. The summed E-state index contributed by atoms with van der Waals surface area (Å²) in [5, 5.41) is 10.8. The third-order valence-corrected chi connectivity index (χ3v) is 3.23. The maximum absolute atomic E-state index is 12.8. The summed E-state index contributed by atoms with van der Waals surface area (Å²) < 4.78 is 17.8. The van der Waals surface area contributed by atoms with Crippen LogP contribution in [0.25, 0.3) is 0 Å². The van der Waals surface area contributed by atoms with Gasteiger partial charge in [-0.15, -0.1) is 0 Å². The smallest absolute Gasteiger partial charge is 0.273 e. The number of non-ortho nitro benzene ring substituents is 1. The molecule has 2 rings (SSSR count). The molecule has 0 heterocycles. The number of nitrogens with one attached hydrogen (secondary N) is 2. The van der Waals surface area contributed by atoms with E-state index >= 15 is 0 Å². The SMILES string of the molecule is COc1ccc([N+](=O)[O-])cc1C(=O)NNC(=O)Cc1ccc(F)cc1. The third-order valence-electron chi connectivity index (χ3n) is 3.23. The highest BCUT2D eigenvalue weighted by molar-refractivity contribution is 5.98. The molecule has 0 radical (unpaired) electrons. The quantitative estimate of drug-likeness (QED) is 0.632. The molecule has 2 aromatic carbocycles. The first-order valence-electron chi connectivity index (χ1n) is 7.06. The molecule has 2 amide bonds. The van der Waals surface area contributed by atoms with E-state index in [9.17, 15) is 24.1 Å². The van der Waals surface area contributed by atoms with Crippen LogP contribution in [0.2, 0.25) is 0 Å². The molecule has 0 aliphatic carbocycles. The van der Waals surface area contributed by atoms with Gasteiger partial charge in [0, 0.05) is 12.1 Å². The molecule has 0 unspecified atom stereocenters. The lowest BCUT2D eigenvalue weighted by atomic mass is 10.1. The molecular weight excluding hydrogens is 333 g/mol. The number of methoxy groups -OCH3 is 1. The molecule has 130 valence electrons. The zero-order valence-corrected chi connectivity index (χ0v) is 13.1. The maximum Gasteiger partial charge on any atom is 0.273 e. The Morgan fingerprint density at radius 3 is 2.44 bits per heavy atom. The molecule has 0 fully saturated rings. The summed E-state index contributed by atoms with van der Waals surface area (Å²) in [6.07, 6.45) is -0.0768. The van der Waals surface area contributed by atoms with Crippen molar-refractivity contribution in [2.75, 3.05) is 7.11 Å². The van der Waals surface area contributed by atoms with Crippen LogP contribution >= 0.6 is 0 Å². The molecule has 0 saturated carbocycles. The predicted octanol–water partition coefficient (Wildman–Crippen LogP) is 1.75. The Hall–Kier alpha value is -3.49. The molecule has 0 spiro atoms. The summed E-state index contributed by atoms with van der Waals surface area (Å²) in [5.41, 5.74) is 4.51. The lowest BCUT2D eigenvalue weighted by Gasteiger charge is -2.10. The number of halogens is 1. The molecule has 0 atom stereocenters. The topological polar surface area (TPSA) is 111 Å². The monoisotopic (exact) mass is 347 g/mol. The number of benzene rings is 2. The van der Waals surface area contributed by atoms with Crippen LogP contribution in [-0.4, -0.2) is 23.8 Å². The van der Waals surface area contributed by atoms with Gasteiger partial charge in [0.2, 0.25) is 5.91 Å². The van der Waals surface area contributed by atoms with Crippen molar-refractivity contribution < 1.29 is 23.6 Å². The first kappa shape index (κ1) is 17.9. The Morgan fingerprint density at radius 1 is 1.16 bits per heavy atom. The largest absolute Gasteiger partial charge is 0.496 e. The van der Waals surface area contributed by atoms with E-state index in [-0.39, 0.29) is 23.4 Å². The minimum absolute atomic E-state index is 0.0768. The number of carbonyl (C=O) groups excluding carboxylic acids is 2. The number of ether oxygens (including phenoxy) is 1. The molecule has 2 N–H and O–H groups in total. The highest BCUT2D eigenvalue weighted by atomic mass is 19.1. The predicted molar refractivity (Wildman–Crippen MR) is 85.4 cm³/mol. The lowest BCUT2D eigenvalue weighted by Crippen LogP contribution is -2.42. The summed E-state index contributed by atoms with van der Waals surface area (Å²) >= 11 is 0. The van der Waals surface area contributed by atoms with Crippen LogP contribution in [0.1, 0.15) is 15.9 Å². The van der Waals surface area contributed by atoms with Crippen LogP contribution in [-0.2, 0) is 11.2 Å². The summed E-state index contributed by atoms with van der Waals surface area (Å²) in [4.78, 5) is 34.1. The zero-order valence-electron chi connectivity index (χ0n) is 13.1. The van der Waals surface area contributed by atoms with Gasteiger partial charge < -0.3 is 4.74 Å². The van der Waals surface area contributed by atoms with Gasteiger partial charge in [0.1, 0.15) is 11.6 Å². The van der Waals surface area contributed by atoms with E-state index in [0.717, 1.165) is 6.07 Å². The average molecular weight is 347 g/mol. The normalized spacial score (nSPS) is 10.0. The van der Waals surface area contributed by atoms with E-state index in [4.69, 9.17) is 4.74 Å². The Bertz CT molecular complexity index is 808. The van der Waals surface area contributed by atoms with Crippen LogP contribution in [0.5, 0.6) is 5.75 Å². The summed E-state index contributed by atoms with van der Waals surface area (Å²) in [6, 6.07) is 8.85. The van der Waals surface area contributed by atoms with Gasteiger partial charge in [-0.3, -0.25) is 30.6 Å². The van der Waals surface area contributed by atoms with E-state index in [2.05, 4.69) is 10.9 Å². The Kier molecular flexibility index (Phi) is 5.62. The fourth-order valence-corrected chi connectivity index (χ4v) is 2.01. The van der Waals surface area contributed by atoms with Crippen molar-refractivity contribution in [1.29, 1.82) is 0 Å². The van der Waals surface area contributed by atoms with Crippen LogP contribution < -0.4 is 15.6 Å². The summed E-state index contributed by atoms with van der Waals surface area (Å²) in [6.45, 7) is 0. The van der Waals surface area contributed by atoms with Crippen LogP contribution in [0.15, 0.2) is 42.5 Å². The Labute approximate surface area is 141 Å². The van der Waals surface area contributed by atoms with Gasteiger partial charge in [0.25, 0.3) is 11.6 Å². The molecule has 9 heteroatoms. The van der Waals surface area contributed by atoms with E-state index < -0.39 is 22.6 Å². The lowest BCUT2D eigenvalue weighted by molar-refractivity contribution is -0.384. The number of nitrogens with zero attached hydrogens (tertiary/aromatic N) is 1. The van der Waals surface area contributed by atoms with Gasteiger partial charge in [-0.2, -0.15) is 0 Å². The molecular formula is C16H14FN3O5. The van der Waals surface area contributed by atoms with E-state index in [1.807, 2.05) is 0 Å². The second kappa shape index (κ2) is 7.86. The van der Waals surface area contributed by atoms with Crippen molar-refractivity contribution in [3.05, 3.63) is 69.5 Å². The fraction of sp³-hybridized carbons (Fsp3) is 0.125. The number of rotatable bonds is 5. The minimum atomic E-state index is -0.770. The molecule has 25 heavy (non-hydrogen) atoms. The van der Waals surface area contributed by atoms with E-state index in [1.54, 1.807) is 0 Å². The number of nitro groups is 1. The highest BCUT2D eigenvalue weighted by Crippen LogP contribution is 2.23. The Morgan fingerprint density at radius 2 is 1.84 bits per heavy atom. The molecule has 0 aliphatic heterocycles. The van der Waals surface area contributed by atoms with E-state index in [1.165, 1.54) is 43.5 Å². The van der Waals surface area contributed by atoms with Gasteiger partial charge in [-0.05, 0) is 23.8 Å². The molecule has 0 saturated heterocycles. The van der Waals surface area contributed by atoms with Gasteiger partial charge in [0.15, 0.2) is 0 Å². The van der Waals surface area contributed by atoms with E-state index in [0.29, 0.717) is 5.56 Å². The minimum Gasteiger partial charge on any atom is -0.496 e. The van der Waals surface area contributed by atoms with Crippen molar-refractivity contribution in [3.63, 3.8) is 0 Å². The van der Waals surface area contributed by atoms with Crippen molar-refractivity contribution in [3.8, 4) is 5.75 Å². The standard InChI is InChI=1S/C16H14FN3O5/c1-25-14-7-6-12(20(23)24)9-13(14)16(22)19-18-15(21)8-10-2-4-11(17)5-3-10/h2-7,9H,8H2,1H3,(H,18,21)(H,19,22). The van der Waals surface area contributed by atoms with Crippen molar-refractivity contribution in [1.82, 2.24) is 10.9 Å². The first-order chi connectivity index (χ1) is 11.9. The molecule has 0 aromatic heterocycles. The summed E-state index contributed by atoms with van der Waals surface area (Å²) in [5.74, 6) is -1.61. The number of carbonyl (C=O) groups is 2. The Balaban J connectivity index is 2.01. The second-order valence-corrected chi connectivity index (χ2v) is 4.95. The van der Waals surface area contributed by atoms with Gasteiger partial charge in [-0.1, -0.05) is 12.1 Å². The van der Waals surface area contributed by atoms with Crippen LogP contribution in [0.4, 0.5) is 10.1 Å². The molecule has 2 aromatic rings. The number of hydrazine groups is 1. The summed E-state index contributed by atoms with van der Waals surface area (Å²) in [7, 11) is 1.31. The number of amides is 2. The fourth-order valence-electron chi connectivity index (χ4n) is 2.01. The zero-order chi connectivity index (χ0) is 18.4. The van der Waals surface area contributed by atoms with Crippen LogP contribution in [0, 0.1) is 15.9 Å². The van der Waals surface area contributed by atoms with Crippen molar-refractivity contribution >= 4 is 17.5 Å². The van der Waals surface area contributed by atoms with Crippen molar-refractivity contribution in [2.24, 2.45) is 0 Å². The van der Waals surface area contributed by atoms with Crippen molar-refractivity contribution in [2.45, 2.75) is 6.42 Å². The first-order valence-corrected chi connectivity index (χ1v) is 7.06. The number of hydrogen-bond donors (Lipinski definition) is 2. The van der Waals surface area contributed by atoms with Gasteiger partial charge in [0.05, 0.1) is 24.0 Å². The molecule has 8 nitrogen and oxygen atoms in total. The molecule has 0 aliphatic rings. The second-order valence-electron chi connectivity index (χ2n) is 4.95.